The van der Waals surface area contributed by atoms with Crippen LogP contribution in [0.15, 0.2) is 36.4 Å². The first-order valence-electron chi connectivity index (χ1n) is 6.27. The van der Waals surface area contributed by atoms with Gasteiger partial charge in [-0.05, 0) is 35.4 Å². The number of ketones is 1. The molecule has 0 aliphatic heterocycles. The maximum atomic E-state index is 13.6. The predicted octanol–water partition coefficient (Wildman–Crippen LogP) is 4.50. The molecule has 0 amide bonds. The fourth-order valence-electron chi connectivity index (χ4n) is 1.99. The van der Waals surface area contributed by atoms with Gasteiger partial charge in [-0.15, -0.1) is 0 Å². The van der Waals surface area contributed by atoms with Crippen molar-refractivity contribution in [2.45, 2.75) is 12.8 Å². The van der Waals surface area contributed by atoms with Crippen molar-refractivity contribution in [3.63, 3.8) is 0 Å². The van der Waals surface area contributed by atoms with Crippen LogP contribution >= 0.6 is 23.2 Å². The Morgan fingerprint density at radius 3 is 2.24 bits per heavy atom. The number of carbonyl (C=O) groups is 1. The van der Waals surface area contributed by atoms with Gasteiger partial charge >= 0.3 is 0 Å². The summed E-state index contributed by atoms with van der Waals surface area (Å²) < 4.78 is 18.4. The molecule has 2 aromatic carbocycles. The van der Waals surface area contributed by atoms with E-state index in [4.69, 9.17) is 27.9 Å². The van der Waals surface area contributed by atoms with Crippen LogP contribution in [0.4, 0.5) is 4.39 Å². The average molecular weight is 327 g/mol. The molecule has 5 heteroatoms. The number of hydrogen-bond acceptors (Lipinski definition) is 2. The van der Waals surface area contributed by atoms with E-state index in [1.807, 2.05) is 0 Å². The summed E-state index contributed by atoms with van der Waals surface area (Å²) in [4.78, 5) is 12.0. The third-order valence-corrected chi connectivity index (χ3v) is 3.74. The van der Waals surface area contributed by atoms with Crippen LogP contribution in [-0.4, -0.2) is 12.9 Å². The first kappa shape index (κ1) is 15.8. The van der Waals surface area contributed by atoms with Crippen LogP contribution in [0, 0.1) is 5.82 Å². The summed E-state index contributed by atoms with van der Waals surface area (Å²) in [5.41, 5.74) is 1.39. The number of rotatable bonds is 5. The van der Waals surface area contributed by atoms with E-state index in [0.717, 1.165) is 5.56 Å². The van der Waals surface area contributed by atoms with Crippen LogP contribution in [0.25, 0.3) is 0 Å². The highest BCUT2D eigenvalue weighted by atomic mass is 35.5. The Morgan fingerprint density at radius 1 is 1.05 bits per heavy atom. The summed E-state index contributed by atoms with van der Waals surface area (Å²) in [6, 6.07) is 9.56. The molecule has 0 saturated heterocycles. The summed E-state index contributed by atoms with van der Waals surface area (Å²) in [5, 5.41) is 0.863. The van der Waals surface area contributed by atoms with E-state index in [1.54, 1.807) is 24.3 Å². The molecule has 0 N–H and O–H groups in total. The summed E-state index contributed by atoms with van der Waals surface area (Å²) in [6.45, 7) is 0. The Kier molecular flexibility index (Phi) is 5.21. The van der Waals surface area contributed by atoms with E-state index in [-0.39, 0.29) is 24.4 Å². The number of benzene rings is 2. The van der Waals surface area contributed by atoms with Crippen molar-refractivity contribution in [1.29, 1.82) is 0 Å². The van der Waals surface area contributed by atoms with Gasteiger partial charge in [-0.2, -0.15) is 0 Å². The molecule has 0 fully saturated rings. The monoisotopic (exact) mass is 326 g/mol. The molecule has 0 aliphatic carbocycles. The van der Waals surface area contributed by atoms with Gasteiger partial charge in [-0.25, -0.2) is 4.39 Å². The highest BCUT2D eigenvalue weighted by Crippen LogP contribution is 2.23. The van der Waals surface area contributed by atoms with Crippen LogP contribution < -0.4 is 4.74 Å². The first-order valence-corrected chi connectivity index (χ1v) is 7.03. The fraction of sp³-hybridized carbons (Fsp3) is 0.188. The lowest BCUT2D eigenvalue weighted by atomic mass is 10.0. The Hall–Kier alpha value is -1.58. The molecule has 21 heavy (non-hydrogen) atoms. The van der Waals surface area contributed by atoms with E-state index in [0.29, 0.717) is 15.6 Å². The molecular formula is C16H13Cl2FO2. The van der Waals surface area contributed by atoms with Gasteiger partial charge in [0.25, 0.3) is 0 Å². The molecular weight excluding hydrogens is 314 g/mol. The second-order valence-corrected chi connectivity index (χ2v) is 5.42. The number of halogens is 3. The normalized spacial score (nSPS) is 10.5. The number of ether oxygens (including phenoxy) is 1. The van der Waals surface area contributed by atoms with Crippen molar-refractivity contribution >= 4 is 29.0 Å². The van der Waals surface area contributed by atoms with E-state index < -0.39 is 5.82 Å². The predicted molar refractivity (Wildman–Crippen MR) is 81.8 cm³/mol. The maximum absolute atomic E-state index is 13.6. The van der Waals surface area contributed by atoms with Gasteiger partial charge in [-0.1, -0.05) is 35.3 Å². The van der Waals surface area contributed by atoms with Crippen molar-refractivity contribution in [2.75, 3.05) is 7.11 Å². The molecule has 2 aromatic rings. The first-order chi connectivity index (χ1) is 9.99. The molecule has 0 heterocycles. The van der Waals surface area contributed by atoms with E-state index in [1.165, 1.54) is 19.2 Å². The average Bonchev–Trinajstić information content (AvgIpc) is 2.43. The Morgan fingerprint density at radius 2 is 1.67 bits per heavy atom. The standard InChI is InChI=1S/C16H13Cl2FO2/c1-21-16-5-3-11(9-15(16)19)7-12(20)6-10-2-4-13(17)14(18)8-10/h2-5,8-9H,6-7H2,1H3. The number of Topliss-reactive ketones (excluding diaryl/α,β-unsaturated/α-hetero) is 1. The zero-order chi connectivity index (χ0) is 15.4. The van der Waals surface area contributed by atoms with Gasteiger partial charge in [0.2, 0.25) is 0 Å². The SMILES string of the molecule is COc1ccc(CC(=O)Cc2ccc(Cl)c(Cl)c2)cc1F. The van der Waals surface area contributed by atoms with Gasteiger partial charge in [0, 0.05) is 12.8 Å². The van der Waals surface area contributed by atoms with Crippen molar-refractivity contribution in [3.05, 3.63) is 63.4 Å². The Labute approximate surface area is 132 Å². The minimum absolute atomic E-state index is 0.0297. The van der Waals surface area contributed by atoms with Crippen LogP contribution in [-0.2, 0) is 17.6 Å². The highest BCUT2D eigenvalue weighted by molar-refractivity contribution is 6.42. The largest absolute Gasteiger partial charge is 0.494 e. The van der Waals surface area contributed by atoms with Gasteiger partial charge in [0.15, 0.2) is 11.6 Å². The smallest absolute Gasteiger partial charge is 0.165 e. The molecule has 2 nitrogen and oxygen atoms in total. The van der Waals surface area contributed by atoms with Crippen LogP contribution in [0.1, 0.15) is 11.1 Å². The van der Waals surface area contributed by atoms with Gasteiger partial charge in [0.1, 0.15) is 5.78 Å². The zero-order valence-corrected chi connectivity index (χ0v) is 12.8. The Bertz CT molecular complexity index is 671. The van der Waals surface area contributed by atoms with Gasteiger partial charge < -0.3 is 4.74 Å². The van der Waals surface area contributed by atoms with Crippen LogP contribution in [0.5, 0.6) is 5.75 Å². The summed E-state index contributed by atoms with van der Waals surface area (Å²) in [7, 11) is 1.40. The molecule has 0 spiro atoms. The maximum Gasteiger partial charge on any atom is 0.165 e. The lowest BCUT2D eigenvalue weighted by molar-refractivity contribution is -0.117. The summed E-state index contributed by atoms with van der Waals surface area (Å²) in [5.74, 6) is -0.342. The molecule has 0 bridgehead atoms. The van der Waals surface area contributed by atoms with E-state index >= 15 is 0 Å². The Balaban J connectivity index is 2.04. The van der Waals surface area contributed by atoms with Crippen molar-refractivity contribution < 1.29 is 13.9 Å². The second-order valence-electron chi connectivity index (χ2n) is 4.61. The molecule has 0 aromatic heterocycles. The molecule has 0 atom stereocenters. The molecule has 2 rings (SSSR count). The second kappa shape index (κ2) is 6.92. The van der Waals surface area contributed by atoms with Gasteiger partial charge in [0.05, 0.1) is 17.2 Å². The minimum Gasteiger partial charge on any atom is -0.494 e. The minimum atomic E-state index is -0.475. The number of carbonyl (C=O) groups excluding carboxylic acids is 1. The lowest BCUT2D eigenvalue weighted by Gasteiger charge is -2.06. The van der Waals surface area contributed by atoms with Crippen LogP contribution in [0.3, 0.4) is 0 Å². The highest BCUT2D eigenvalue weighted by Gasteiger charge is 2.09. The van der Waals surface area contributed by atoms with Crippen molar-refractivity contribution in [1.82, 2.24) is 0 Å². The third kappa shape index (κ3) is 4.19. The lowest BCUT2D eigenvalue weighted by Crippen LogP contribution is -2.07. The molecule has 0 saturated carbocycles. The molecule has 0 unspecified atom stereocenters. The molecule has 110 valence electrons. The van der Waals surface area contributed by atoms with Crippen molar-refractivity contribution in [2.24, 2.45) is 0 Å². The zero-order valence-electron chi connectivity index (χ0n) is 11.3. The van der Waals surface area contributed by atoms with Crippen LogP contribution in [0.2, 0.25) is 10.0 Å². The number of hydrogen-bond donors (Lipinski definition) is 0. The molecule has 0 radical (unpaired) electrons. The third-order valence-electron chi connectivity index (χ3n) is 3.00. The van der Waals surface area contributed by atoms with E-state index in [2.05, 4.69) is 0 Å². The summed E-state index contributed by atoms with van der Waals surface area (Å²) >= 11 is 11.7. The fourth-order valence-corrected chi connectivity index (χ4v) is 2.31. The topological polar surface area (TPSA) is 26.3 Å². The van der Waals surface area contributed by atoms with E-state index in [9.17, 15) is 9.18 Å². The van der Waals surface area contributed by atoms with Crippen molar-refractivity contribution in [3.8, 4) is 5.75 Å². The summed E-state index contributed by atoms with van der Waals surface area (Å²) in [6.07, 6.45) is 0.381. The number of methoxy groups -OCH3 is 1. The van der Waals surface area contributed by atoms with Gasteiger partial charge in [-0.3, -0.25) is 4.79 Å². The quantitative estimate of drug-likeness (QED) is 0.808. The molecule has 0 aliphatic rings.